The Balaban J connectivity index is 1.82. The molecule has 3 heterocycles. The molecule has 0 saturated carbocycles. The summed E-state index contributed by atoms with van der Waals surface area (Å²) < 4.78 is 5.60. The molecule has 12 heavy (non-hydrogen) atoms. The molecule has 0 N–H and O–H groups in total. The number of epoxide rings is 1. The predicted molar refractivity (Wildman–Crippen MR) is 47.1 cm³/mol. The van der Waals surface area contributed by atoms with Crippen molar-refractivity contribution in [1.29, 1.82) is 0 Å². The van der Waals surface area contributed by atoms with E-state index in [1.165, 1.54) is 32.1 Å². The normalized spacial score (nSPS) is 52.8. The van der Waals surface area contributed by atoms with Gasteiger partial charge >= 0.3 is 0 Å². The molecule has 0 radical (unpaired) electrons. The molecule has 2 bridgehead atoms. The Labute approximate surface area is 73.9 Å². The van der Waals surface area contributed by atoms with Crippen molar-refractivity contribution < 1.29 is 4.74 Å². The molecule has 68 valence electrons. The monoisotopic (exact) mass is 167 g/mol. The highest BCUT2D eigenvalue weighted by atomic mass is 16.6. The van der Waals surface area contributed by atoms with Crippen LogP contribution in [-0.4, -0.2) is 36.2 Å². The second-order valence-electron chi connectivity index (χ2n) is 4.78. The second kappa shape index (κ2) is 2.24. The van der Waals surface area contributed by atoms with Crippen molar-refractivity contribution in [2.75, 3.05) is 13.7 Å². The molecule has 0 aliphatic carbocycles. The van der Waals surface area contributed by atoms with E-state index in [4.69, 9.17) is 4.74 Å². The molecule has 3 saturated heterocycles. The Hall–Kier alpha value is -0.0800. The standard InChI is InChI=1S/C10H17NO/c1-11-8-3-2-4-9(11)6-10(5-8)7-12-10/h8-9H,2-7H2,1H3. The second-order valence-corrected chi connectivity index (χ2v) is 4.78. The van der Waals surface area contributed by atoms with Crippen molar-refractivity contribution in [3.8, 4) is 0 Å². The van der Waals surface area contributed by atoms with Gasteiger partial charge in [-0.1, -0.05) is 6.42 Å². The zero-order valence-electron chi connectivity index (χ0n) is 7.75. The molecular weight excluding hydrogens is 150 g/mol. The molecular formula is C10H17NO. The van der Waals surface area contributed by atoms with E-state index in [9.17, 15) is 0 Å². The van der Waals surface area contributed by atoms with Crippen LogP contribution in [0.25, 0.3) is 0 Å². The minimum Gasteiger partial charge on any atom is -0.369 e. The summed E-state index contributed by atoms with van der Waals surface area (Å²) in [6, 6.07) is 1.67. The van der Waals surface area contributed by atoms with Gasteiger partial charge in [0.05, 0.1) is 12.2 Å². The summed E-state index contributed by atoms with van der Waals surface area (Å²) in [6.07, 6.45) is 6.85. The summed E-state index contributed by atoms with van der Waals surface area (Å²) in [4.78, 5) is 2.59. The summed E-state index contributed by atoms with van der Waals surface area (Å²) in [6.45, 7) is 1.05. The van der Waals surface area contributed by atoms with Crippen LogP contribution in [0.4, 0.5) is 0 Å². The number of hydrogen-bond acceptors (Lipinski definition) is 2. The lowest BCUT2D eigenvalue weighted by atomic mass is 9.79. The first-order valence-electron chi connectivity index (χ1n) is 5.15. The van der Waals surface area contributed by atoms with E-state index >= 15 is 0 Å². The molecule has 3 aliphatic heterocycles. The van der Waals surface area contributed by atoms with Crippen molar-refractivity contribution in [3.63, 3.8) is 0 Å². The lowest BCUT2D eigenvalue weighted by molar-refractivity contribution is 0.0213. The smallest absolute Gasteiger partial charge is 0.0946 e. The van der Waals surface area contributed by atoms with Crippen LogP contribution in [0.2, 0.25) is 0 Å². The van der Waals surface area contributed by atoms with Crippen LogP contribution in [0.3, 0.4) is 0 Å². The van der Waals surface area contributed by atoms with Crippen LogP contribution in [-0.2, 0) is 4.74 Å². The highest BCUT2D eigenvalue weighted by Gasteiger charge is 2.53. The summed E-state index contributed by atoms with van der Waals surface area (Å²) in [5.41, 5.74) is 0.363. The van der Waals surface area contributed by atoms with E-state index < -0.39 is 0 Å². The quantitative estimate of drug-likeness (QED) is 0.507. The zero-order valence-corrected chi connectivity index (χ0v) is 7.75. The van der Waals surface area contributed by atoms with E-state index in [0.717, 1.165) is 18.7 Å². The van der Waals surface area contributed by atoms with Gasteiger partial charge in [-0.05, 0) is 32.7 Å². The van der Waals surface area contributed by atoms with Gasteiger partial charge in [-0.2, -0.15) is 0 Å². The topological polar surface area (TPSA) is 15.8 Å². The first kappa shape index (κ1) is 7.34. The van der Waals surface area contributed by atoms with Crippen LogP contribution >= 0.6 is 0 Å². The van der Waals surface area contributed by atoms with Gasteiger partial charge in [0.25, 0.3) is 0 Å². The van der Waals surface area contributed by atoms with E-state index in [1.807, 2.05) is 0 Å². The van der Waals surface area contributed by atoms with Gasteiger partial charge in [0.2, 0.25) is 0 Å². The SMILES string of the molecule is CN1C2CCCC1CC1(CO1)C2. The molecule has 0 aromatic carbocycles. The number of fused-ring (bicyclic) bond motifs is 2. The number of piperidine rings is 2. The van der Waals surface area contributed by atoms with Crippen molar-refractivity contribution in [2.24, 2.45) is 0 Å². The Bertz CT molecular complexity index is 184. The van der Waals surface area contributed by atoms with Gasteiger partial charge in [0.1, 0.15) is 0 Å². The number of rotatable bonds is 0. The van der Waals surface area contributed by atoms with E-state index in [-0.39, 0.29) is 0 Å². The van der Waals surface area contributed by atoms with E-state index in [2.05, 4.69) is 11.9 Å². The molecule has 0 aromatic heterocycles. The third-order valence-electron chi connectivity index (χ3n) is 3.99. The van der Waals surface area contributed by atoms with Gasteiger partial charge in [-0.3, -0.25) is 0 Å². The summed E-state index contributed by atoms with van der Waals surface area (Å²) in [5.74, 6) is 0. The Morgan fingerprint density at radius 2 is 1.83 bits per heavy atom. The third kappa shape index (κ3) is 0.944. The highest BCUT2D eigenvalue weighted by Crippen LogP contribution is 2.46. The van der Waals surface area contributed by atoms with Crippen LogP contribution in [0.15, 0.2) is 0 Å². The molecule has 3 aliphatic rings. The maximum absolute atomic E-state index is 5.60. The highest BCUT2D eigenvalue weighted by molar-refractivity contribution is 5.05. The Morgan fingerprint density at radius 1 is 1.25 bits per heavy atom. The van der Waals surface area contributed by atoms with Crippen LogP contribution in [0.1, 0.15) is 32.1 Å². The first-order chi connectivity index (χ1) is 5.79. The van der Waals surface area contributed by atoms with Gasteiger partial charge in [-0.15, -0.1) is 0 Å². The summed E-state index contributed by atoms with van der Waals surface area (Å²) in [7, 11) is 2.30. The molecule has 2 atom stereocenters. The average Bonchev–Trinajstić information content (AvgIpc) is 2.74. The van der Waals surface area contributed by atoms with Crippen molar-refractivity contribution >= 4 is 0 Å². The number of nitrogens with zero attached hydrogens (tertiary/aromatic N) is 1. The van der Waals surface area contributed by atoms with Gasteiger partial charge < -0.3 is 9.64 Å². The summed E-state index contributed by atoms with van der Waals surface area (Å²) in [5, 5.41) is 0. The predicted octanol–water partition coefficient (Wildman–Crippen LogP) is 1.40. The fourth-order valence-corrected chi connectivity index (χ4v) is 3.07. The van der Waals surface area contributed by atoms with Crippen molar-refractivity contribution in [1.82, 2.24) is 4.90 Å². The average molecular weight is 167 g/mol. The Kier molecular flexibility index (Phi) is 1.37. The molecule has 3 rings (SSSR count). The van der Waals surface area contributed by atoms with Gasteiger partial charge in [0, 0.05) is 12.1 Å². The zero-order chi connectivity index (χ0) is 8.18. The molecule has 2 heteroatoms. The fourth-order valence-electron chi connectivity index (χ4n) is 3.07. The molecule has 0 amide bonds. The largest absolute Gasteiger partial charge is 0.369 e. The third-order valence-corrected chi connectivity index (χ3v) is 3.99. The van der Waals surface area contributed by atoms with E-state index in [1.54, 1.807) is 0 Å². The van der Waals surface area contributed by atoms with Crippen LogP contribution in [0.5, 0.6) is 0 Å². The Morgan fingerprint density at radius 3 is 2.33 bits per heavy atom. The van der Waals surface area contributed by atoms with E-state index in [0.29, 0.717) is 5.60 Å². The first-order valence-corrected chi connectivity index (χ1v) is 5.15. The van der Waals surface area contributed by atoms with Crippen LogP contribution < -0.4 is 0 Å². The molecule has 2 unspecified atom stereocenters. The molecule has 2 nitrogen and oxygen atoms in total. The lowest BCUT2D eigenvalue weighted by Gasteiger charge is -2.46. The van der Waals surface area contributed by atoms with Crippen LogP contribution in [0, 0.1) is 0 Å². The molecule has 3 fully saturated rings. The van der Waals surface area contributed by atoms with Crippen molar-refractivity contribution in [3.05, 3.63) is 0 Å². The maximum Gasteiger partial charge on any atom is 0.0946 e. The fraction of sp³-hybridized carbons (Fsp3) is 1.00. The number of hydrogen-bond donors (Lipinski definition) is 0. The van der Waals surface area contributed by atoms with Gasteiger partial charge in [0.15, 0.2) is 0 Å². The van der Waals surface area contributed by atoms with Gasteiger partial charge in [-0.25, -0.2) is 0 Å². The number of ether oxygens (including phenoxy) is 1. The minimum atomic E-state index is 0.363. The van der Waals surface area contributed by atoms with Crippen molar-refractivity contribution in [2.45, 2.75) is 49.8 Å². The molecule has 0 aromatic rings. The lowest BCUT2D eigenvalue weighted by Crippen LogP contribution is -2.52. The summed E-state index contributed by atoms with van der Waals surface area (Å²) >= 11 is 0. The molecule has 1 spiro atoms. The minimum absolute atomic E-state index is 0.363. The maximum atomic E-state index is 5.60.